The van der Waals surface area contributed by atoms with E-state index >= 15 is 0 Å². The van der Waals surface area contributed by atoms with E-state index in [4.69, 9.17) is 0 Å². The van der Waals surface area contributed by atoms with Crippen LogP contribution in [-0.4, -0.2) is 70.7 Å². The third-order valence-corrected chi connectivity index (χ3v) is 47.1. The molecule has 0 saturated heterocycles. The van der Waals surface area contributed by atoms with Crippen molar-refractivity contribution < 1.29 is 62.0 Å². The van der Waals surface area contributed by atoms with E-state index in [1.54, 1.807) is 52.6 Å². The minimum Gasteiger partial charge on any atom is -0.390 e. The van der Waals surface area contributed by atoms with Crippen LogP contribution in [0.15, 0.2) is 148 Å². The molecule has 16 aliphatic rings. The first kappa shape index (κ1) is 114. The van der Waals surface area contributed by atoms with Crippen molar-refractivity contribution in [2.45, 2.75) is 434 Å². The van der Waals surface area contributed by atoms with E-state index in [2.05, 4.69) is 151 Å². The highest BCUT2D eigenvalue weighted by atomic mass is 79.9. The number of aliphatic hydroxyl groups is 7. The van der Waals surface area contributed by atoms with Gasteiger partial charge in [-0.05, 0) is 509 Å². The summed E-state index contributed by atoms with van der Waals surface area (Å²) in [7, 11) is 0. The van der Waals surface area contributed by atoms with E-state index in [0.29, 0.717) is 104 Å². The van der Waals surface area contributed by atoms with Gasteiger partial charge >= 0.3 is 0 Å². The number of rotatable bonds is 23. The number of hydrogen-bond donors (Lipinski definition) is 7. The van der Waals surface area contributed by atoms with Crippen molar-refractivity contribution in [3.05, 3.63) is 188 Å². The third kappa shape index (κ3) is 23.0. The summed E-state index contributed by atoms with van der Waals surface area (Å²) in [4.78, 5) is 10.9. The lowest BCUT2D eigenvalue weighted by Gasteiger charge is -2.59. The van der Waals surface area contributed by atoms with Gasteiger partial charge in [-0.1, -0.05) is 216 Å². The number of benzene rings is 4. The standard InChI is InChI=1S/3C32H47FO2.C26H42O2.C6H4BrF.CH3FS/c3*1-5-32(35)18-17-30(3)23(20-32)10-11-25-27-13-12-26(31(27,4)16-15-28(25)30)21(2)9-14-29(34)22-7-6-8-24(33)19-22;1-5-26(28)15-14-24(3)19(17-26)8-9-20-22-11-10-21(18(2)7-6-16-27)25(22,4)13-12-23(20)24;7-5-2-1-3-6(8)4-5;1-3-2/h3*6-8,10,19,21,25-29,34-35H,5,9,11-18,20H2,1-4H3;8,16,18,20-23,28H,5-7,9-15,17H2,1-4H3;1-4H;1H3/t21-,25+,26-,27+,28+,29?,30+,31-,32+;21-,25+,26-,27+,28+,29+,30+,31-,32+;21-,25+,26-,27+,28+,29-,30+,31-,32+;18-,20+,21-,22+,23+,24+,25-,26+;;/m1111../s1. The van der Waals surface area contributed by atoms with Gasteiger partial charge in [-0.15, -0.1) is 0 Å². The van der Waals surface area contributed by atoms with Crippen molar-refractivity contribution in [1.29, 1.82) is 0 Å². The van der Waals surface area contributed by atoms with Crippen LogP contribution in [0.2, 0.25) is 0 Å². The molecule has 20 rings (SSSR count). The van der Waals surface area contributed by atoms with Crippen molar-refractivity contribution >= 4 is 34.4 Å². The highest BCUT2D eigenvalue weighted by Crippen LogP contribution is 2.74. The number of carbonyl (C=O) groups excluding carboxylic acids is 1. The second kappa shape index (κ2) is 46.2. The van der Waals surface area contributed by atoms with E-state index in [0.717, 1.165) is 216 Å². The average Bonchev–Trinajstić information content (AvgIpc) is 1.44. The number of allylic oxidation sites excluding steroid dienone is 4. The van der Waals surface area contributed by atoms with Gasteiger partial charge in [0.1, 0.15) is 29.6 Å². The normalized spacial score (nSPS) is 41.1. The van der Waals surface area contributed by atoms with Crippen molar-refractivity contribution in [3.8, 4) is 0 Å². The van der Waals surface area contributed by atoms with Gasteiger partial charge in [0.15, 0.2) is 0 Å². The zero-order valence-corrected chi connectivity index (χ0v) is 94.1. The Kier molecular flexibility index (Phi) is 36.5. The molecule has 12 saturated carbocycles. The molecule has 0 aromatic heterocycles. The Balaban J connectivity index is 0.000000140. The highest BCUT2D eigenvalue weighted by Gasteiger charge is 2.66. The SMILES string of the molecule is CC[C@]1(O)CC[C@@]2(C)C(=CC[C@H]3[C@@H]4CC[C@H]([C@H](C)CCC(O)c5cccc(F)c5)[C@@]4(C)CC[C@@H]32)C1.CC[C@]1(O)CC[C@@]2(C)C(=CC[C@H]3[C@@H]4CC[C@H]([C@H](C)CCC=O)[C@@]4(C)CC[C@@H]32)C1.CC[C@]1(O)CC[C@@]2(C)C(=CC[C@H]3[C@@H]4CC[C@H]([C@H](C)CC[C@@H](O)c5cccc(F)c5)[C@@]4(C)CC[C@@H]32)C1.CC[C@]1(O)CC[C@@]2(C)C(=CC[C@H]3[C@@H]4CC[C@H]([C@H](C)CC[C@H](O)c5cccc(F)c5)[C@@]4(C)CC[C@@H]32)C1.CSF.Fc1cccc(Br)c1. The molecule has 4 aromatic rings. The molecule has 0 bridgehead atoms. The molecule has 0 amide bonds. The predicted molar refractivity (Wildman–Crippen MR) is 584 cm³/mol. The Morgan fingerprint density at radius 2 is 0.576 bits per heavy atom. The van der Waals surface area contributed by atoms with E-state index in [9.17, 15) is 62.0 Å². The van der Waals surface area contributed by atoms with Gasteiger partial charge in [-0.3, -0.25) is 0 Å². The van der Waals surface area contributed by atoms with Gasteiger partial charge in [-0.25, -0.2) is 17.6 Å². The first-order valence-electron chi connectivity index (χ1n) is 58.2. The van der Waals surface area contributed by atoms with Crippen LogP contribution in [0, 0.1) is 185 Å². The van der Waals surface area contributed by atoms with Crippen LogP contribution in [0.1, 0.15) is 428 Å². The fraction of sp³-hybridized carbons (Fsp3) is 0.744. The first-order chi connectivity index (χ1) is 68.3. The van der Waals surface area contributed by atoms with Gasteiger partial charge in [0.05, 0.1) is 40.7 Å². The molecule has 144 heavy (non-hydrogen) atoms. The number of aliphatic hydroxyl groups excluding tert-OH is 3. The second-order valence-corrected chi connectivity index (χ2v) is 54.4. The molecule has 12 fully saturated rings. The summed E-state index contributed by atoms with van der Waals surface area (Å²) in [5.74, 6) is 13.9. The fourth-order valence-corrected chi connectivity index (χ4v) is 37.8. The van der Waals surface area contributed by atoms with Gasteiger partial charge in [-0.2, -0.15) is 3.89 Å². The number of hydrogen-bond acceptors (Lipinski definition) is 9. The van der Waals surface area contributed by atoms with Crippen molar-refractivity contribution in [2.24, 2.45) is 162 Å². The van der Waals surface area contributed by atoms with Crippen LogP contribution in [0.3, 0.4) is 0 Å². The summed E-state index contributed by atoms with van der Waals surface area (Å²) >= 11 is 3.37. The van der Waals surface area contributed by atoms with Crippen LogP contribution in [0.4, 0.5) is 21.4 Å². The van der Waals surface area contributed by atoms with Crippen LogP contribution in [0.5, 0.6) is 0 Å². The summed E-state index contributed by atoms with van der Waals surface area (Å²) in [6.45, 7) is 38.6. The molecule has 7 N–H and O–H groups in total. The Labute approximate surface area is 880 Å². The smallest absolute Gasteiger partial charge is 0.124 e. The van der Waals surface area contributed by atoms with Gasteiger partial charge in [0, 0.05) is 29.3 Å². The molecular weight excluding hydrogens is 1880 g/mol. The molecule has 4 aromatic carbocycles. The van der Waals surface area contributed by atoms with Crippen molar-refractivity contribution in [2.75, 3.05) is 6.26 Å². The lowest BCUT2D eigenvalue weighted by Crippen LogP contribution is -2.52. The molecule has 16 aliphatic carbocycles. The molecule has 802 valence electrons. The number of aldehydes is 1. The molecular formula is C129H190BrF5O8S. The molecule has 0 heterocycles. The summed E-state index contributed by atoms with van der Waals surface area (Å²) in [5, 5.41) is 76.0. The van der Waals surface area contributed by atoms with E-state index in [1.165, 1.54) is 190 Å². The summed E-state index contributed by atoms with van der Waals surface area (Å²) < 4.78 is 63.9. The van der Waals surface area contributed by atoms with E-state index in [1.807, 2.05) is 18.2 Å². The number of halogens is 6. The minimum atomic E-state index is -0.580. The Bertz CT molecular complexity index is 4710. The zero-order chi connectivity index (χ0) is 104. The Morgan fingerprint density at radius 3 is 0.792 bits per heavy atom. The molecule has 15 heteroatoms. The zero-order valence-electron chi connectivity index (χ0n) is 91.7. The van der Waals surface area contributed by atoms with Gasteiger partial charge in [0.25, 0.3) is 0 Å². The minimum absolute atomic E-state index is 0.209. The molecule has 0 aliphatic heterocycles. The van der Waals surface area contributed by atoms with E-state index in [-0.39, 0.29) is 51.7 Å². The monoisotopic (exact) mass is 2070 g/mol. The number of carbonyl (C=O) groups is 1. The quantitative estimate of drug-likeness (QED) is 0.0218. The number of fused-ring (bicyclic) bond motifs is 20. The maximum Gasteiger partial charge on any atom is 0.124 e. The maximum atomic E-state index is 13.6. The average molecular weight is 2080 g/mol. The molecule has 1 unspecified atom stereocenters. The summed E-state index contributed by atoms with van der Waals surface area (Å²) in [5.41, 5.74) is 9.32. The third-order valence-electron chi connectivity index (χ3n) is 46.6. The molecule has 0 spiro atoms. The second-order valence-electron chi connectivity index (χ2n) is 53.2. The molecule has 8 nitrogen and oxygen atoms in total. The molecule has 0 radical (unpaired) electrons. The Hall–Kier alpha value is -4.29. The van der Waals surface area contributed by atoms with Crippen LogP contribution >= 0.6 is 28.1 Å². The Morgan fingerprint density at radius 1 is 0.340 bits per heavy atom. The van der Waals surface area contributed by atoms with Gasteiger partial charge < -0.3 is 40.5 Å². The topological polar surface area (TPSA) is 159 Å². The lowest BCUT2D eigenvalue weighted by molar-refractivity contribution is -0.108. The van der Waals surface area contributed by atoms with Crippen molar-refractivity contribution in [1.82, 2.24) is 0 Å². The fourth-order valence-electron chi connectivity index (χ4n) is 37.5. The largest absolute Gasteiger partial charge is 0.390 e. The van der Waals surface area contributed by atoms with E-state index < -0.39 is 40.7 Å². The summed E-state index contributed by atoms with van der Waals surface area (Å²) in [6.07, 6.45) is 59.6. The predicted octanol–water partition coefficient (Wildman–Crippen LogP) is 34.1. The first-order valence-corrected chi connectivity index (χ1v) is 60.2. The van der Waals surface area contributed by atoms with Gasteiger partial charge in [0.2, 0.25) is 0 Å². The lowest BCUT2D eigenvalue weighted by atomic mass is 9.46. The van der Waals surface area contributed by atoms with Crippen LogP contribution in [-0.2, 0) is 4.79 Å². The molecule has 35 atom stereocenters. The van der Waals surface area contributed by atoms with Crippen LogP contribution < -0.4 is 0 Å². The van der Waals surface area contributed by atoms with Crippen molar-refractivity contribution in [3.63, 3.8) is 0 Å². The maximum absolute atomic E-state index is 13.6. The van der Waals surface area contributed by atoms with Crippen LogP contribution in [0.25, 0.3) is 0 Å². The highest BCUT2D eigenvalue weighted by molar-refractivity contribution is 9.10. The summed E-state index contributed by atoms with van der Waals surface area (Å²) in [6, 6.07) is 25.6.